The molecule has 3 rings (SSSR count). The van der Waals surface area contributed by atoms with Gasteiger partial charge in [-0.2, -0.15) is 0 Å². The van der Waals surface area contributed by atoms with E-state index in [-0.39, 0.29) is 18.2 Å². The molecule has 0 unspecified atom stereocenters. The molecule has 6 nitrogen and oxygen atoms in total. The van der Waals surface area contributed by atoms with E-state index in [1.165, 1.54) is 29.5 Å². The number of aliphatic imine (C=N–C) groups is 1. The van der Waals surface area contributed by atoms with Gasteiger partial charge in [-0.3, -0.25) is 14.6 Å². The minimum Gasteiger partial charge on any atom is -0.494 e. The number of carbonyl (C=O) groups is 2. The first-order chi connectivity index (χ1) is 15.5. The first kappa shape index (κ1) is 24.1. The molecule has 0 radical (unpaired) electrons. The van der Waals surface area contributed by atoms with Crippen LogP contribution in [0.15, 0.2) is 53.5 Å². The summed E-state index contributed by atoms with van der Waals surface area (Å²) in [4.78, 5) is 31.1. The summed E-state index contributed by atoms with van der Waals surface area (Å²) in [5.41, 5.74) is 1.32. The Bertz CT molecular complexity index is 965. The first-order valence-corrected chi connectivity index (χ1v) is 12.0. The molecular formula is C24H28ClN3O3S. The van der Waals surface area contributed by atoms with E-state index in [4.69, 9.17) is 16.3 Å². The summed E-state index contributed by atoms with van der Waals surface area (Å²) in [7, 11) is 1.64. The Kier molecular flexibility index (Phi) is 9.00. The lowest BCUT2D eigenvalue weighted by atomic mass is 10.2. The van der Waals surface area contributed by atoms with Crippen LogP contribution in [0.5, 0.6) is 5.75 Å². The molecule has 1 fully saturated rings. The largest absolute Gasteiger partial charge is 0.494 e. The van der Waals surface area contributed by atoms with Gasteiger partial charge in [-0.1, -0.05) is 55.6 Å². The highest BCUT2D eigenvalue weighted by Gasteiger charge is 2.40. The number of amidine groups is 1. The Morgan fingerprint density at radius 1 is 1.19 bits per heavy atom. The number of ether oxygens (including phenoxy) is 1. The van der Waals surface area contributed by atoms with Crippen LogP contribution in [0.2, 0.25) is 5.02 Å². The SMILES string of the molecule is CCCCCCOc1ccc(N2C(=O)C[C@H](SC(=NC)Nc3cccc(Cl)c3)C2=O)cc1. The van der Waals surface area contributed by atoms with Crippen molar-refractivity contribution in [3.8, 4) is 5.75 Å². The van der Waals surface area contributed by atoms with Crippen LogP contribution in [0.4, 0.5) is 11.4 Å². The Balaban J connectivity index is 1.59. The molecule has 1 N–H and O–H groups in total. The van der Waals surface area contributed by atoms with E-state index in [1.54, 1.807) is 43.4 Å². The first-order valence-electron chi connectivity index (χ1n) is 10.8. The third-order valence-electron chi connectivity index (χ3n) is 5.00. The normalized spacial score (nSPS) is 16.5. The average molecular weight is 474 g/mol. The van der Waals surface area contributed by atoms with Gasteiger partial charge in [-0.15, -0.1) is 0 Å². The van der Waals surface area contributed by atoms with Gasteiger partial charge in [0.15, 0.2) is 5.17 Å². The fraction of sp³-hybridized carbons (Fsp3) is 0.375. The lowest BCUT2D eigenvalue weighted by molar-refractivity contribution is -0.121. The molecule has 2 aromatic rings. The molecule has 0 bridgehead atoms. The minimum atomic E-state index is -0.539. The summed E-state index contributed by atoms with van der Waals surface area (Å²) in [6.45, 7) is 2.84. The van der Waals surface area contributed by atoms with Crippen LogP contribution in [0.1, 0.15) is 39.0 Å². The smallest absolute Gasteiger partial charge is 0.247 e. The van der Waals surface area contributed by atoms with Crippen LogP contribution in [0.3, 0.4) is 0 Å². The lowest BCUT2D eigenvalue weighted by Crippen LogP contribution is -2.31. The molecule has 8 heteroatoms. The van der Waals surface area contributed by atoms with E-state index in [9.17, 15) is 9.59 Å². The number of carbonyl (C=O) groups excluding carboxylic acids is 2. The monoisotopic (exact) mass is 473 g/mol. The third-order valence-corrected chi connectivity index (χ3v) is 6.40. The molecule has 2 aromatic carbocycles. The predicted octanol–water partition coefficient (Wildman–Crippen LogP) is 5.76. The van der Waals surface area contributed by atoms with Crippen LogP contribution in [0, 0.1) is 0 Å². The molecule has 0 saturated carbocycles. The van der Waals surface area contributed by atoms with Gasteiger partial charge in [0.2, 0.25) is 11.8 Å². The maximum absolute atomic E-state index is 13.0. The van der Waals surface area contributed by atoms with Gasteiger partial charge in [0.25, 0.3) is 0 Å². The molecule has 1 saturated heterocycles. The van der Waals surface area contributed by atoms with Crippen molar-refractivity contribution >= 4 is 51.7 Å². The van der Waals surface area contributed by atoms with Crippen LogP contribution >= 0.6 is 23.4 Å². The molecule has 1 aliphatic rings. The molecular weight excluding hydrogens is 446 g/mol. The third kappa shape index (κ3) is 6.50. The summed E-state index contributed by atoms with van der Waals surface area (Å²) in [5.74, 6) is 0.266. The maximum Gasteiger partial charge on any atom is 0.247 e. The standard InChI is InChI=1S/C24H28ClN3O3S/c1-3-4-5-6-14-31-20-12-10-19(11-13-20)28-22(29)16-21(23(28)30)32-24(26-2)27-18-9-7-8-17(25)15-18/h7-13,15,21H,3-6,14,16H2,1-2H3,(H,26,27)/t21-/m0/s1. The highest BCUT2D eigenvalue weighted by atomic mass is 35.5. The molecule has 0 spiro atoms. The molecule has 170 valence electrons. The second-order valence-corrected chi connectivity index (χ2v) is 9.07. The quantitative estimate of drug-likeness (QED) is 0.217. The second-order valence-electron chi connectivity index (χ2n) is 7.45. The van der Waals surface area contributed by atoms with Crippen molar-refractivity contribution in [1.29, 1.82) is 0 Å². The number of anilines is 2. The molecule has 0 aliphatic carbocycles. The van der Waals surface area contributed by atoms with Crippen molar-refractivity contribution in [3.05, 3.63) is 53.6 Å². The van der Waals surface area contributed by atoms with E-state index in [0.717, 1.165) is 24.3 Å². The lowest BCUT2D eigenvalue weighted by Gasteiger charge is -2.16. The number of nitrogens with one attached hydrogen (secondary N) is 1. The number of imide groups is 1. The summed E-state index contributed by atoms with van der Waals surface area (Å²) in [6, 6.07) is 14.3. The molecule has 32 heavy (non-hydrogen) atoms. The zero-order valence-corrected chi connectivity index (χ0v) is 19.9. The van der Waals surface area contributed by atoms with E-state index >= 15 is 0 Å². The Morgan fingerprint density at radius 3 is 2.66 bits per heavy atom. The number of hydrogen-bond donors (Lipinski definition) is 1. The summed E-state index contributed by atoms with van der Waals surface area (Å²) < 4.78 is 5.75. The van der Waals surface area contributed by atoms with Gasteiger partial charge in [0.05, 0.1) is 12.3 Å². The maximum atomic E-state index is 13.0. The zero-order chi connectivity index (χ0) is 22.9. The van der Waals surface area contributed by atoms with Crippen LogP contribution in [0.25, 0.3) is 0 Å². The highest BCUT2D eigenvalue weighted by Crippen LogP contribution is 2.31. The van der Waals surface area contributed by atoms with Crippen LogP contribution in [-0.4, -0.2) is 35.9 Å². The number of rotatable bonds is 9. The van der Waals surface area contributed by atoms with Crippen molar-refractivity contribution in [2.24, 2.45) is 4.99 Å². The van der Waals surface area contributed by atoms with Crippen molar-refractivity contribution in [2.45, 2.75) is 44.3 Å². The number of unbranched alkanes of at least 4 members (excludes halogenated alkanes) is 3. The Morgan fingerprint density at radius 2 is 1.97 bits per heavy atom. The number of halogens is 1. The summed E-state index contributed by atoms with van der Waals surface area (Å²) in [6.07, 6.45) is 4.69. The van der Waals surface area contributed by atoms with Gasteiger partial charge in [0, 0.05) is 24.2 Å². The Labute approximate surface area is 198 Å². The molecule has 1 atom stereocenters. The van der Waals surface area contributed by atoms with Gasteiger partial charge in [0.1, 0.15) is 11.0 Å². The summed E-state index contributed by atoms with van der Waals surface area (Å²) in [5, 5.41) is 3.76. The second kappa shape index (κ2) is 11.9. The number of thioether (sulfide) groups is 1. The van der Waals surface area contributed by atoms with Gasteiger partial charge >= 0.3 is 0 Å². The van der Waals surface area contributed by atoms with Gasteiger partial charge in [-0.25, -0.2) is 4.90 Å². The minimum absolute atomic E-state index is 0.120. The molecule has 1 aliphatic heterocycles. The van der Waals surface area contributed by atoms with Crippen molar-refractivity contribution in [3.63, 3.8) is 0 Å². The van der Waals surface area contributed by atoms with Crippen molar-refractivity contribution in [2.75, 3.05) is 23.9 Å². The van der Waals surface area contributed by atoms with Crippen molar-refractivity contribution in [1.82, 2.24) is 0 Å². The number of nitrogens with zero attached hydrogens (tertiary/aromatic N) is 2. The topological polar surface area (TPSA) is 71.0 Å². The van der Waals surface area contributed by atoms with E-state index in [0.29, 0.717) is 22.5 Å². The van der Waals surface area contributed by atoms with Crippen LogP contribution < -0.4 is 15.0 Å². The fourth-order valence-electron chi connectivity index (χ4n) is 3.34. The van der Waals surface area contributed by atoms with Crippen LogP contribution in [-0.2, 0) is 9.59 Å². The summed E-state index contributed by atoms with van der Waals surface area (Å²) >= 11 is 7.27. The van der Waals surface area contributed by atoms with Crippen molar-refractivity contribution < 1.29 is 14.3 Å². The molecule has 1 heterocycles. The van der Waals surface area contributed by atoms with E-state index in [1.807, 2.05) is 12.1 Å². The number of hydrogen-bond acceptors (Lipinski definition) is 5. The van der Waals surface area contributed by atoms with E-state index < -0.39 is 5.25 Å². The van der Waals surface area contributed by atoms with E-state index in [2.05, 4.69) is 17.2 Å². The molecule has 2 amide bonds. The number of benzene rings is 2. The van der Waals surface area contributed by atoms with Gasteiger partial charge in [-0.05, 0) is 48.9 Å². The average Bonchev–Trinajstić information content (AvgIpc) is 3.06. The molecule has 0 aromatic heterocycles. The highest BCUT2D eigenvalue weighted by molar-refractivity contribution is 8.15. The Hall–Kier alpha value is -2.51. The zero-order valence-electron chi connectivity index (χ0n) is 18.3. The number of amides is 2. The fourth-order valence-corrected chi connectivity index (χ4v) is 4.51. The predicted molar refractivity (Wildman–Crippen MR) is 133 cm³/mol. The van der Waals surface area contributed by atoms with Gasteiger partial charge < -0.3 is 10.1 Å².